The highest BCUT2D eigenvalue weighted by atomic mass is 35.5. The molecule has 2 aromatic heterocycles. The minimum absolute atomic E-state index is 0. The molecule has 0 radical (unpaired) electrons. The Kier molecular flexibility index (Phi) is 35.7. The summed E-state index contributed by atoms with van der Waals surface area (Å²) in [5, 5.41) is 1.42. The summed E-state index contributed by atoms with van der Waals surface area (Å²) < 4.78 is 2.50. The van der Waals surface area contributed by atoms with Gasteiger partial charge in [-0.25, -0.2) is 9.97 Å². The van der Waals surface area contributed by atoms with Crippen LogP contribution in [0, 0.1) is 13.8 Å². The zero-order chi connectivity index (χ0) is 53.8. The molecular formula is C62H90Cl4N4O2S4. The Morgan fingerprint density at radius 2 is 0.816 bits per heavy atom. The van der Waals surface area contributed by atoms with Gasteiger partial charge in [0, 0.05) is 37.9 Å². The molecule has 0 atom stereocenters. The van der Waals surface area contributed by atoms with Crippen LogP contribution in [0.4, 0.5) is 11.4 Å². The van der Waals surface area contributed by atoms with E-state index in [-0.39, 0.29) is 24.8 Å². The summed E-state index contributed by atoms with van der Waals surface area (Å²) in [5.41, 5.74) is 23.1. The standard InChI is InChI=1S/C32H44N2S2.C24H36Cl2O2.C6H8N2S2.2ClH/c1-5-7-9-11-13-15-17-25-20-27(26(19-23(25)3)18-16-14-12-10-8-6-2)32-34-29-22-30-28(21-31(29)36-32)33-24(4)35-30;1-3-5-7-9-11-13-15-19-17-22(24(26)28)20(18-21(19)23(25)27)16-14-12-10-8-6-4-2;7-3-1-5(9)4(8)2-6(3)10;;/h19-22H,5-18H2,1-4H3;17-18H,3-16H2,1-2H3;1-2,9-10H,7-8H2;2*1H. The summed E-state index contributed by atoms with van der Waals surface area (Å²) in [6.07, 6.45) is 34.1. The fraction of sp³-hybridized carbons (Fsp3) is 0.548. The van der Waals surface area contributed by atoms with Gasteiger partial charge in [-0.05, 0) is 159 Å². The van der Waals surface area contributed by atoms with E-state index in [0.29, 0.717) is 32.3 Å². The molecule has 0 unspecified atom stereocenters. The van der Waals surface area contributed by atoms with Gasteiger partial charge in [-0.2, -0.15) is 0 Å². The van der Waals surface area contributed by atoms with Crippen LogP contribution in [0.2, 0.25) is 0 Å². The van der Waals surface area contributed by atoms with Crippen molar-refractivity contribution < 1.29 is 9.59 Å². The number of aromatic nitrogens is 2. The number of carbonyl (C=O) groups excluding carboxylic acids is 2. The number of aryl methyl sites for hydroxylation is 6. The topological polar surface area (TPSA) is 112 Å². The fourth-order valence-corrected chi connectivity index (χ4v) is 12.2. The lowest BCUT2D eigenvalue weighted by Crippen LogP contribution is -2.06. The molecule has 0 bridgehead atoms. The molecule has 2 heterocycles. The lowest BCUT2D eigenvalue weighted by Gasteiger charge is -2.14. The average Bonchev–Trinajstić information content (AvgIpc) is 3.96. The second-order valence-electron chi connectivity index (χ2n) is 20.2. The van der Waals surface area contributed by atoms with Crippen LogP contribution in [0.5, 0.6) is 0 Å². The summed E-state index contributed by atoms with van der Waals surface area (Å²) in [6, 6.07) is 16.5. The van der Waals surface area contributed by atoms with Gasteiger partial charge in [0.1, 0.15) is 5.01 Å². The van der Waals surface area contributed by atoms with Gasteiger partial charge in [0.15, 0.2) is 0 Å². The number of rotatable bonds is 31. The summed E-state index contributed by atoms with van der Waals surface area (Å²) in [7, 11) is 0. The Labute approximate surface area is 499 Å². The number of carbonyl (C=O) groups is 2. The molecule has 0 saturated heterocycles. The Morgan fingerprint density at radius 1 is 0.461 bits per heavy atom. The van der Waals surface area contributed by atoms with E-state index in [2.05, 4.69) is 91.1 Å². The predicted molar refractivity (Wildman–Crippen MR) is 347 cm³/mol. The summed E-state index contributed by atoms with van der Waals surface area (Å²) in [5.74, 6) is 0. The molecular weight excluding hydrogens is 1100 g/mol. The van der Waals surface area contributed by atoms with E-state index in [0.717, 1.165) is 72.1 Å². The van der Waals surface area contributed by atoms with Crippen molar-refractivity contribution in [3.63, 3.8) is 0 Å². The van der Waals surface area contributed by atoms with Crippen LogP contribution in [0.1, 0.15) is 235 Å². The molecule has 0 amide bonds. The SMILES string of the molecule is CCCCCCCCc1cc(-c2nc3cc4sc(C)nc4cc3s2)c(CCCCCCCC)cc1C.CCCCCCCCc1cc(C(=O)Cl)c(CCCCCCCC)cc1C(=O)Cl.Cl.Cl.Nc1cc(S)c(N)cc1S. The van der Waals surface area contributed by atoms with Crippen molar-refractivity contribution in [3.8, 4) is 10.6 Å². The Bertz CT molecular complexity index is 2500. The molecule has 0 aliphatic heterocycles. The maximum Gasteiger partial charge on any atom is 0.252 e. The van der Waals surface area contributed by atoms with E-state index < -0.39 is 10.5 Å². The molecule has 0 aliphatic rings. The fourth-order valence-electron chi connectivity index (χ4n) is 9.53. The van der Waals surface area contributed by atoms with Crippen molar-refractivity contribution in [2.75, 3.05) is 11.5 Å². The third-order valence-corrected chi connectivity index (χ3v) is 17.1. The number of halogens is 4. The van der Waals surface area contributed by atoms with E-state index in [4.69, 9.17) is 44.6 Å². The second-order valence-corrected chi connectivity index (χ2v) is 24.1. The first-order valence-electron chi connectivity index (χ1n) is 28.1. The molecule has 0 spiro atoms. The van der Waals surface area contributed by atoms with E-state index in [1.54, 1.807) is 23.5 Å². The number of hydrogen-bond donors (Lipinski definition) is 4. The first-order chi connectivity index (χ1) is 35.7. The smallest absolute Gasteiger partial charge is 0.252 e. The van der Waals surface area contributed by atoms with Gasteiger partial charge in [0.25, 0.3) is 10.5 Å². The number of nitrogen functional groups attached to an aromatic ring is 2. The van der Waals surface area contributed by atoms with Gasteiger partial charge >= 0.3 is 0 Å². The molecule has 4 aromatic carbocycles. The molecule has 6 rings (SSSR count). The number of thiol groups is 2. The molecule has 0 fully saturated rings. The van der Waals surface area contributed by atoms with Gasteiger partial charge in [-0.1, -0.05) is 162 Å². The summed E-state index contributed by atoms with van der Waals surface area (Å²) in [4.78, 5) is 35.2. The minimum atomic E-state index is -0.446. The molecule has 6 nitrogen and oxygen atoms in total. The van der Waals surface area contributed by atoms with Gasteiger partial charge < -0.3 is 11.5 Å². The molecule has 0 saturated carbocycles. The summed E-state index contributed by atoms with van der Waals surface area (Å²) in [6.45, 7) is 13.4. The molecule has 14 heteroatoms. The van der Waals surface area contributed by atoms with Gasteiger partial charge in [0.05, 0.1) is 25.4 Å². The van der Waals surface area contributed by atoms with E-state index in [1.807, 2.05) is 23.5 Å². The number of fused-ring (bicyclic) bond motifs is 2. The summed E-state index contributed by atoms with van der Waals surface area (Å²) >= 11 is 23.5. The number of unbranched alkanes of at least 4 members (excludes halogenated alkanes) is 20. The third-order valence-electron chi connectivity index (χ3n) is 13.9. The molecule has 4 N–H and O–H groups in total. The highest BCUT2D eigenvalue weighted by Crippen LogP contribution is 2.38. The van der Waals surface area contributed by atoms with Crippen molar-refractivity contribution in [1.29, 1.82) is 0 Å². The zero-order valence-electron chi connectivity index (χ0n) is 46.6. The van der Waals surface area contributed by atoms with Crippen molar-refractivity contribution in [2.45, 2.75) is 231 Å². The lowest BCUT2D eigenvalue weighted by molar-refractivity contribution is 0.106. The zero-order valence-corrected chi connectivity index (χ0v) is 53.1. The van der Waals surface area contributed by atoms with Gasteiger partial charge in [-0.15, -0.1) is 72.7 Å². The van der Waals surface area contributed by atoms with Crippen molar-refractivity contribution >= 4 is 138 Å². The maximum atomic E-state index is 12.0. The van der Waals surface area contributed by atoms with E-state index >= 15 is 0 Å². The Hall–Kier alpha value is -2.54. The van der Waals surface area contributed by atoms with Crippen molar-refractivity contribution in [3.05, 3.63) is 92.5 Å². The third kappa shape index (κ3) is 24.0. The van der Waals surface area contributed by atoms with Crippen LogP contribution in [0.3, 0.4) is 0 Å². The minimum Gasteiger partial charge on any atom is -0.398 e. The van der Waals surface area contributed by atoms with Crippen LogP contribution in [0.15, 0.2) is 58.3 Å². The highest BCUT2D eigenvalue weighted by molar-refractivity contribution is 7.81. The highest BCUT2D eigenvalue weighted by Gasteiger charge is 2.18. The van der Waals surface area contributed by atoms with Crippen molar-refractivity contribution in [2.24, 2.45) is 0 Å². The maximum absolute atomic E-state index is 12.0. The van der Waals surface area contributed by atoms with Crippen LogP contribution in [-0.2, 0) is 25.7 Å². The van der Waals surface area contributed by atoms with Crippen LogP contribution < -0.4 is 11.5 Å². The van der Waals surface area contributed by atoms with Crippen LogP contribution in [0.25, 0.3) is 31.0 Å². The Balaban J connectivity index is 0.000000439. The predicted octanol–water partition coefficient (Wildman–Crippen LogP) is 21.5. The molecule has 422 valence electrons. The van der Waals surface area contributed by atoms with Crippen LogP contribution in [-0.4, -0.2) is 20.5 Å². The van der Waals surface area contributed by atoms with Crippen molar-refractivity contribution in [1.82, 2.24) is 9.97 Å². The number of hydrogen-bond acceptors (Lipinski definition) is 10. The first kappa shape index (κ1) is 69.6. The quantitative estimate of drug-likeness (QED) is 0.0149. The van der Waals surface area contributed by atoms with E-state index in [1.165, 1.54) is 171 Å². The average molecular weight is 1190 g/mol. The Morgan fingerprint density at radius 3 is 1.22 bits per heavy atom. The molecule has 76 heavy (non-hydrogen) atoms. The van der Waals surface area contributed by atoms with E-state index in [9.17, 15) is 9.59 Å². The monoisotopic (exact) mass is 1190 g/mol. The second kappa shape index (κ2) is 39.0. The molecule has 6 aromatic rings. The first-order valence-corrected chi connectivity index (χ1v) is 31.4. The normalized spacial score (nSPS) is 10.9. The number of benzene rings is 4. The number of anilines is 2. The number of nitrogens with two attached hydrogens (primary N) is 2. The number of thiazole rings is 2. The number of nitrogens with zero attached hydrogens (tertiary/aromatic N) is 2. The lowest BCUT2D eigenvalue weighted by atomic mass is 9.93. The van der Waals surface area contributed by atoms with Gasteiger partial charge in [-0.3, -0.25) is 9.59 Å². The largest absolute Gasteiger partial charge is 0.398 e. The van der Waals surface area contributed by atoms with Gasteiger partial charge in [0.2, 0.25) is 0 Å². The van der Waals surface area contributed by atoms with Crippen LogP contribution >= 0.6 is 95.9 Å². The molecule has 0 aliphatic carbocycles.